The first-order valence-electron chi connectivity index (χ1n) is 15.3. The van der Waals surface area contributed by atoms with Crippen molar-refractivity contribution in [3.05, 3.63) is 114 Å². The smallest absolute Gasteiger partial charge is 0.319 e. The average molecular weight is 688 g/mol. The van der Waals surface area contributed by atoms with Crippen LogP contribution in [-0.2, 0) is 19.2 Å². The summed E-state index contributed by atoms with van der Waals surface area (Å²) in [6.07, 6.45) is 0. The number of amides is 5. The Labute approximate surface area is 286 Å². The van der Waals surface area contributed by atoms with Gasteiger partial charge in [0.1, 0.15) is 23.9 Å². The van der Waals surface area contributed by atoms with Crippen LogP contribution < -0.4 is 30.1 Å². The highest BCUT2D eigenvalue weighted by atomic mass is 19.1. The largest absolute Gasteiger partial charge is 0.484 e. The van der Waals surface area contributed by atoms with Gasteiger partial charge in [0, 0.05) is 49.0 Å². The summed E-state index contributed by atoms with van der Waals surface area (Å²) < 4.78 is 33.0. The lowest BCUT2D eigenvalue weighted by Gasteiger charge is -2.26. The molecule has 0 aromatic heterocycles. The van der Waals surface area contributed by atoms with Gasteiger partial charge in [-0.15, -0.1) is 0 Å². The van der Waals surface area contributed by atoms with Gasteiger partial charge in [-0.25, -0.2) is 13.6 Å². The zero-order valence-electron chi connectivity index (χ0n) is 27.4. The van der Waals surface area contributed by atoms with Crippen molar-refractivity contribution in [2.45, 2.75) is 12.8 Å². The summed E-state index contributed by atoms with van der Waals surface area (Å²) in [5.74, 6) is -5.12. The van der Waals surface area contributed by atoms with Crippen LogP contribution in [0.1, 0.15) is 18.4 Å². The van der Waals surface area contributed by atoms with Gasteiger partial charge in [-0.3, -0.25) is 19.2 Å². The van der Waals surface area contributed by atoms with Crippen LogP contribution in [0, 0.1) is 11.6 Å². The van der Waals surface area contributed by atoms with Gasteiger partial charge in [0.25, 0.3) is 5.91 Å². The highest BCUT2D eigenvalue weighted by Gasteiger charge is 2.24. The van der Waals surface area contributed by atoms with Gasteiger partial charge in [0.05, 0.1) is 12.5 Å². The van der Waals surface area contributed by atoms with E-state index in [0.717, 1.165) is 21.9 Å². The molecule has 4 aromatic carbocycles. The van der Waals surface area contributed by atoms with E-state index in [4.69, 9.17) is 4.74 Å². The second-order valence-electron chi connectivity index (χ2n) is 11.1. The van der Waals surface area contributed by atoms with Gasteiger partial charge in [-0.2, -0.15) is 0 Å². The molecule has 50 heavy (non-hydrogen) atoms. The van der Waals surface area contributed by atoms with E-state index in [2.05, 4.69) is 10.6 Å². The van der Waals surface area contributed by atoms with Crippen LogP contribution in [0.15, 0.2) is 97.1 Å². The maximum atomic E-state index is 13.7. The van der Waals surface area contributed by atoms with E-state index >= 15 is 0 Å². The number of carbonyl (C=O) groups is 5. The second-order valence-corrected chi connectivity index (χ2v) is 11.1. The van der Waals surface area contributed by atoms with E-state index in [9.17, 15) is 37.9 Å². The summed E-state index contributed by atoms with van der Waals surface area (Å²) in [4.78, 5) is 67.3. The number of ether oxygens (including phenoxy) is 1. The van der Waals surface area contributed by atoms with Crippen LogP contribution in [0.2, 0.25) is 0 Å². The van der Waals surface area contributed by atoms with Crippen LogP contribution in [0.5, 0.6) is 5.75 Å². The number of hydrogen-bond donors (Lipinski definition) is 3. The fourth-order valence-corrected chi connectivity index (χ4v) is 4.68. The zero-order chi connectivity index (χ0) is 36.4. The molecule has 0 saturated carbocycles. The van der Waals surface area contributed by atoms with Gasteiger partial charge in [-0.1, -0.05) is 36.4 Å². The number of nitrogens with zero attached hydrogens (tertiary/aromatic N) is 3. The number of likely N-dealkylation sites (N-methyl/N-ethyl adjacent to an activating group) is 2. The number of anilines is 4. The summed E-state index contributed by atoms with van der Waals surface area (Å²) in [6.45, 7) is 0.0314. The third-order valence-electron chi connectivity index (χ3n) is 7.63. The van der Waals surface area contributed by atoms with Crippen molar-refractivity contribution in [1.29, 1.82) is 0 Å². The Morgan fingerprint density at radius 3 is 2.06 bits per heavy atom. The summed E-state index contributed by atoms with van der Waals surface area (Å²) in [6, 6.07) is 23.0. The van der Waals surface area contributed by atoms with E-state index in [-0.39, 0.29) is 17.1 Å². The normalized spacial score (nSPS) is 11.1. The molecule has 0 heterocycles. The molecule has 1 unspecified atom stereocenters. The van der Waals surface area contributed by atoms with Crippen molar-refractivity contribution < 1.29 is 42.6 Å². The molecule has 3 N–H and O–H groups in total. The van der Waals surface area contributed by atoms with Crippen molar-refractivity contribution in [3.8, 4) is 5.75 Å². The van der Waals surface area contributed by atoms with E-state index in [1.165, 1.54) is 43.1 Å². The Bertz CT molecular complexity index is 1850. The van der Waals surface area contributed by atoms with Crippen LogP contribution in [0.4, 0.5) is 36.3 Å². The lowest BCUT2D eigenvalue weighted by Crippen LogP contribution is -2.46. The van der Waals surface area contributed by atoms with E-state index < -0.39 is 67.0 Å². The predicted octanol–water partition coefficient (Wildman–Crippen LogP) is 5.01. The fraction of sp³-hybridized carbons (Fsp3) is 0.194. The first-order chi connectivity index (χ1) is 23.8. The lowest BCUT2D eigenvalue weighted by molar-refractivity contribution is -0.138. The molecule has 0 aliphatic rings. The molecular weight excluding hydrogens is 652 g/mol. The zero-order valence-corrected chi connectivity index (χ0v) is 27.4. The number of para-hydroxylation sites is 1. The molecule has 12 nitrogen and oxygen atoms in total. The molecule has 0 saturated heterocycles. The van der Waals surface area contributed by atoms with Crippen LogP contribution in [0.25, 0.3) is 0 Å². The van der Waals surface area contributed by atoms with E-state index in [0.29, 0.717) is 23.0 Å². The molecular formula is C36H35F2N5O7. The molecule has 0 aliphatic carbocycles. The standard InChI is InChI=1S/C36H35F2N5O7/c1-23(35(47)48)24-9-7-10-27(15-24)40-36(49)39-20-32(44)43(21-33(45)41(2)28-11-5-4-6-12-28)29-13-8-14-31(19-29)50-22-34(46)42(3)30-17-25(37)16-26(38)18-30/h4-19,23H,20-22H2,1-3H3,(H,47,48)(H2,39,40,49). The Morgan fingerprint density at radius 1 is 0.740 bits per heavy atom. The Kier molecular flexibility index (Phi) is 12.2. The molecule has 4 rings (SSSR count). The molecule has 1 atom stereocenters. The number of carboxylic acid groups (broad SMARTS) is 1. The number of carbonyl (C=O) groups excluding carboxylic acids is 4. The summed E-state index contributed by atoms with van der Waals surface area (Å²) in [5, 5.41) is 14.3. The van der Waals surface area contributed by atoms with Crippen molar-refractivity contribution in [3.63, 3.8) is 0 Å². The second kappa shape index (κ2) is 16.7. The highest BCUT2D eigenvalue weighted by Crippen LogP contribution is 2.24. The summed E-state index contributed by atoms with van der Waals surface area (Å²) in [7, 11) is 2.89. The quantitative estimate of drug-likeness (QED) is 0.179. The van der Waals surface area contributed by atoms with Crippen molar-refractivity contribution in [2.24, 2.45) is 0 Å². The molecule has 0 radical (unpaired) electrons. The molecule has 5 amide bonds. The topological polar surface area (TPSA) is 149 Å². The van der Waals surface area contributed by atoms with Gasteiger partial charge < -0.3 is 35.2 Å². The van der Waals surface area contributed by atoms with Gasteiger partial charge in [0.15, 0.2) is 6.61 Å². The average Bonchev–Trinajstić information content (AvgIpc) is 3.10. The first-order valence-corrected chi connectivity index (χ1v) is 15.3. The molecule has 0 aliphatic heterocycles. The monoisotopic (exact) mass is 687 g/mol. The van der Waals surface area contributed by atoms with Crippen molar-refractivity contribution >= 4 is 52.5 Å². The van der Waals surface area contributed by atoms with E-state index in [1.54, 1.807) is 61.6 Å². The molecule has 14 heteroatoms. The molecule has 0 fully saturated rings. The maximum Gasteiger partial charge on any atom is 0.319 e. The third-order valence-corrected chi connectivity index (χ3v) is 7.63. The Balaban J connectivity index is 1.48. The number of hydrogen-bond acceptors (Lipinski definition) is 6. The van der Waals surface area contributed by atoms with Gasteiger partial charge >= 0.3 is 12.0 Å². The minimum absolute atomic E-state index is 0.0123. The molecule has 4 aromatic rings. The Morgan fingerprint density at radius 2 is 1.38 bits per heavy atom. The number of carboxylic acids is 1. The SMILES string of the molecule is CC(C(=O)O)c1cccc(NC(=O)NCC(=O)N(CC(=O)N(C)c2ccccc2)c2cccc(OCC(=O)N(C)c3cc(F)cc(F)c3)c2)c1. The lowest BCUT2D eigenvalue weighted by atomic mass is 10.0. The number of aliphatic carboxylic acids is 1. The number of benzene rings is 4. The summed E-state index contributed by atoms with van der Waals surface area (Å²) in [5.41, 5.74) is 1.57. The first kappa shape index (κ1) is 36.5. The van der Waals surface area contributed by atoms with Crippen molar-refractivity contribution in [1.82, 2.24) is 5.32 Å². The number of rotatable bonds is 13. The van der Waals surface area contributed by atoms with Gasteiger partial charge in [0.2, 0.25) is 11.8 Å². The minimum Gasteiger partial charge on any atom is -0.484 e. The number of urea groups is 1. The highest BCUT2D eigenvalue weighted by molar-refractivity contribution is 6.05. The van der Waals surface area contributed by atoms with Gasteiger partial charge in [-0.05, 0) is 61.0 Å². The number of halogens is 2. The van der Waals surface area contributed by atoms with Crippen LogP contribution in [-0.4, -0.2) is 68.6 Å². The van der Waals surface area contributed by atoms with Crippen LogP contribution >= 0.6 is 0 Å². The van der Waals surface area contributed by atoms with Crippen LogP contribution in [0.3, 0.4) is 0 Å². The Hall–Kier alpha value is -6.31. The van der Waals surface area contributed by atoms with E-state index in [1.807, 2.05) is 0 Å². The molecule has 0 bridgehead atoms. The summed E-state index contributed by atoms with van der Waals surface area (Å²) >= 11 is 0. The molecule has 0 spiro atoms. The third kappa shape index (κ3) is 9.86. The minimum atomic E-state index is -1.03. The number of nitrogens with one attached hydrogen (secondary N) is 2. The van der Waals surface area contributed by atoms with Crippen molar-refractivity contribution in [2.75, 3.05) is 53.8 Å². The molecule has 260 valence electrons. The fourth-order valence-electron chi connectivity index (χ4n) is 4.68. The predicted molar refractivity (Wildman–Crippen MR) is 183 cm³/mol. The maximum absolute atomic E-state index is 13.7.